The summed E-state index contributed by atoms with van der Waals surface area (Å²) in [6.45, 7) is 8.35. The molecule has 1 fully saturated rings. The third kappa shape index (κ3) is 4.95. The quantitative estimate of drug-likeness (QED) is 0.680. The van der Waals surface area contributed by atoms with E-state index < -0.39 is 11.8 Å². The number of aliphatic hydroxyl groups excluding tert-OH is 1. The highest BCUT2D eigenvalue weighted by Crippen LogP contribution is 2.31. The molecular formula is C23H36N4O3. The number of aliphatic hydroxyl groups is 1. The number of hydrogen-bond donors (Lipinski definition) is 2. The number of likely N-dealkylation sites (tertiary alicyclic amines) is 1. The number of methoxy groups -OCH3 is 1. The number of amides is 1. The number of guanidine groups is 1. The third-order valence-corrected chi connectivity index (χ3v) is 6.30. The second-order valence-corrected chi connectivity index (χ2v) is 9.22. The molecule has 0 aromatic heterocycles. The molecule has 0 bridgehead atoms. The molecule has 0 radical (unpaired) electrons. The van der Waals surface area contributed by atoms with E-state index in [-0.39, 0.29) is 5.91 Å². The fourth-order valence-electron chi connectivity index (χ4n) is 4.71. The zero-order valence-electron chi connectivity index (χ0n) is 18.7. The summed E-state index contributed by atoms with van der Waals surface area (Å²) < 4.78 is 5.26. The number of benzene rings is 1. The van der Waals surface area contributed by atoms with Crippen molar-refractivity contribution in [3.63, 3.8) is 0 Å². The van der Waals surface area contributed by atoms with Crippen LogP contribution in [0.4, 0.5) is 0 Å². The van der Waals surface area contributed by atoms with Crippen molar-refractivity contribution in [2.75, 3.05) is 26.7 Å². The SMILES string of the molecule is COc1cccc(C(O)N2CCC(CCN3C(=O)C(C)(CC(C)C)N=C3N)CC2)c1. The summed E-state index contributed by atoms with van der Waals surface area (Å²) in [5.41, 5.74) is 6.22. The van der Waals surface area contributed by atoms with Gasteiger partial charge in [0.05, 0.1) is 7.11 Å². The monoisotopic (exact) mass is 416 g/mol. The first-order valence-corrected chi connectivity index (χ1v) is 11.0. The summed E-state index contributed by atoms with van der Waals surface area (Å²) in [7, 11) is 1.63. The summed E-state index contributed by atoms with van der Waals surface area (Å²) in [6, 6.07) is 7.58. The highest BCUT2D eigenvalue weighted by atomic mass is 16.5. The van der Waals surface area contributed by atoms with Gasteiger partial charge in [0.1, 0.15) is 17.5 Å². The molecule has 2 heterocycles. The van der Waals surface area contributed by atoms with Crippen molar-refractivity contribution in [1.29, 1.82) is 0 Å². The van der Waals surface area contributed by atoms with Gasteiger partial charge in [-0.3, -0.25) is 14.6 Å². The molecule has 2 atom stereocenters. The minimum absolute atomic E-state index is 0.0274. The Bertz CT molecular complexity index is 773. The van der Waals surface area contributed by atoms with Crippen molar-refractivity contribution >= 4 is 11.9 Å². The Balaban J connectivity index is 1.49. The standard InChI is InChI=1S/C23H36N4O3/c1-16(2)15-23(3)21(29)27(22(24)25-23)13-10-17-8-11-26(12-9-17)20(28)18-6-5-7-19(14-18)30-4/h5-7,14,16-17,20,28H,8-13,15H2,1-4H3,(H2,24,25). The van der Waals surface area contributed by atoms with E-state index in [0.717, 1.165) is 43.7 Å². The molecule has 7 heteroatoms. The summed E-state index contributed by atoms with van der Waals surface area (Å²) >= 11 is 0. The Hall–Kier alpha value is -2.12. The van der Waals surface area contributed by atoms with Gasteiger partial charge in [-0.1, -0.05) is 26.0 Å². The van der Waals surface area contributed by atoms with Crippen molar-refractivity contribution in [2.45, 2.75) is 58.2 Å². The first kappa shape index (κ1) is 22.6. The zero-order chi connectivity index (χ0) is 21.9. The summed E-state index contributed by atoms with van der Waals surface area (Å²) in [5, 5.41) is 10.7. The average molecular weight is 417 g/mol. The lowest BCUT2D eigenvalue weighted by atomic mass is 9.90. The van der Waals surface area contributed by atoms with Gasteiger partial charge in [-0.15, -0.1) is 0 Å². The first-order valence-electron chi connectivity index (χ1n) is 11.0. The number of hydrogen-bond acceptors (Lipinski definition) is 6. The number of nitrogens with two attached hydrogens (primary N) is 1. The van der Waals surface area contributed by atoms with Gasteiger partial charge in [-0.2, -0.15) is 0 Å². The van der Waals surface area contributed by atoms with E-state index in [9.17, 15) is 9.90 Å². The maximum Gasteiger partial charge on any atom is 0.257 e. The Kier molecular flexibility index (Phi) is 7.03. The molecule has 1 saturated heterocycles. The van der Waals surface area contributed by atoms with E-state index in [2.05, 4.69) is 23.7 Å². The largest absolute Gasteiger partial charge is 0.497 e. The van der Waals surface area contributed by atoms with Gasteiger partial charge in [0.25, 0.3) is 5.91 Å². The first-order chi connectivity index (χ1) is 14.2. The second kappa shape index (κ2) is 9.35. The molecule has 1 amide bonds. The predicted molar refractivity (Wildman–Crippen MR) is 118 cm³/mol. The number of piperidine rings is 1. The van der Waals surface area contributed by atoms with Gasteiger partial charge in [-0.05, 0) is 62.1 Å². The Labute approximate surface area is 179 Å². The summed E-state index contributed by atoms with van der Waals surface area (Å²) in [4.78, 5) is 21.1. The van der Waals surface area contributed by atoms with Gasteiger partial charge in [0, 0.05) is 19.6 Å². The molecule has 30 heavy (non-hydrogen) atoms. The number of nitrogens with zero attached hydrogens (tertiary/aromatic N) is 3. The molecule has 2 aliphatic heterocycles. The van der Waals surface area contributed by atoms with Crippen LogP contribution in [-0.2, 0) is 4.79 Å². The van der Waals surface area contributed by atoms with Crippen LogP contribution in [0.1, 0.15) is 58.2 Å². The number of rotatable bonds is 8. The number of carbonyl (C=O) groups excluding carboxylic acids is 1. The lowest BCUT2D eigenvalue weighted by Crippen LogP contribution is -2.45. The van der Waals surface area contributed by atoms with Crippen LogP contribution in [0, 0.1) is 11.8 Å². The summed E-state index contributed by atoms with van der Waals surface area (Å²) in [5.74, 6) is 2.03. The molecule has 1 aromatic carbocycles. The molecule has 3 N–H and O–H groups in total. The molecule has 3 rings (SSSR count). The Morgan fingerprint density at radius 3 is 2.67 bits per heavy atom. The highest BCUT2D eigenvalue weighted by molar-refractivity contribution is 6.06. The minimum Gasteiger partial charge on any atom is -0.497 e. The van der Waals surface area contributed by atoms with Crippen LogP contribution in [0.3, 0.4) is 0 Å². The Morgan fingerprint density at radius 1 is 1.33 bits per heavy atom. The van der Waals surface area contributed by atoms with Crippen LogP contribution in [0.2, 0.25) is 0 Å². The lowest BCUT2D eigenvalue weighted by molar-refractivity contribution is -0.131. The van der Waals surface area contributed by atoms with E-state index in [0.29, 0.717) is 30.8 Å². The van der Waals surface area contributed by atoms with E-state index in [4.69, 9.17) is 10.5 Å². The van der Waals surface area contributed by atoms with Crippen molar-refractivity contribution < 1.29 is 14.6 Å². The molecule has 166 valence electrons. The number of ether oxygens (including phenoxy) is 1. The zero-order valence-corrected chi connectivity index (χ0v) is 18.7. The molecular weight excluding hydrogens is 380 g/mol. The van der Waals surface area contributed by atoms with Crippen LogP contribution >= 0.6 is 0 Å². The summed E-state index contributed by atoms with van der Waals surface area (Å²) in [6.07, 6.45) is 2.97. The maximum atomic E-state index is 12.9. The van der Waals surface area contributed by atoms with E-state index >= 15 is 0 Å². The lowest BCUT2D eigenvalue weighted by Gasteiger charge is -2.35. The average Bonchev–Trinajstić information content (AvgIpc) is 2.93. The molecule has 7 nitrogen and oxygen atoms in total. The smallest absolute Gasteiger partial charge is 0.257 e. The van der Waals surface area contributed by atoms with Gasteiger partial charge >= 0.3 is 0 Å². The van der Waals surface area contributed by atoms with Gasteiger partial charge in [0.2, 0.25) is 0 Å². The molecule has 0 saturated carbocycles. The van der Waals surface area contributed by atoms with Crippen LogP contribution in [0.25, 0.3) is 0 Å². The van der Waals surface area contributed by atoms with Crippen LogP contribution in [0.15, 0.2) is 29.3 Å². The topological polar surface area (TPSA) is 91.4 Å². The van der Waals surface area contributed by atoms with E-state index in [1.54, 1.807) is 12.0 Å². The Morgan fingerprint density at radius 2 is 2.03 bits per heavy atom. The molecule has 0 spiro atoms. The second-order valence-electron chi connectivity index (χ2n) is 9.22. The number of aliphatic imine (C=N–C) groups is 1. The normalized spacial score (nSPS) is 24.4. The van der Waals surface area contributed by atoms with Crippen molar-refractivity contribution in [1.82, 2.24) is 9.80 Å². The highest BCUT2D eigenvalue weighted by Gasteiger charge is 2.44. The van der Waals surface area contributed by atoms with E-state index in [1.165, 1.54) is 0 Å². The molecule has 1 aromatic rings. The fraction of sp³-hybridized carbons (Fsp3) is 0.652. The molecule has 2 aliphatic rings. The van der Waals surface area contributed by atoms with Gasteiger partial charge < -0.3 is 15.6 Å². The minimum atomic E-state index is -0.720. The van der Waals surface area contributed by atoms with Crippen molar-refractivity contribution in [3.05, 3.63) is 29.8 Å². The van der Waals surface area contributed by atoms with Crippen LogP contribution < -0.4 is 10.5 Å². The van der Waals surface area contributed by atoms with Crippen molar-refractivity contribution in [3.8, 4) is 5.75 Å². The number of carbonyl (C=O) groups is 1. The third-order valence-electron chi connectivity index (χ3n) is 6.30. The predicted octanol–water partition coefficient (Wildman–Crippen LogP) is 2.75. The van der Waals surface area contributed by atoms with Crippen molar-refractivity contribution in [2.24, 2.45) is 22.6 Å². The van der Waals surface area contributed by atoms with E-state index in [1.807, 2.05) is 31.2 Å². The maximum absolute atomic E-state index is 12.9. The molecule has 2 unspecified atom stereocenters. The van der Waals surface area contributed by atoms with Gasteiger partial charge in [-0.25, -0.2) is 4.99 Å². The fourth-order valence-corrected chi connectivity index (χ4v) is 4.71. The van der Waals surface area contributed by atoms with Crippen LogP contribution in [-0.4, -0.2) is 59.1 Å². The van der Waals surface area contributed by atoms with Gasteiger partial charge in [0.15, 0.2) is 5.96 Å². The molecule has 0 aliphatic carbocycles. The van der Waals surface area contributed by atoms with Crippen LogP contribution in [0.5, 0.6) is 5.75 Å².